The fourth-order valence-corrected chi connectivity index (χ4v) is 3.72. The highest BCUT2D eigenvalue weighted by molar-refractivity contribution is 7.99. The lowest BCUT2D eigenvalue weighted by atomic mass is 10.1. The van der Waals surface area contributed by atoms with Gasteiger partial charge in [-0.25, -0.2) is 4.79 Å². The van der Waals surface area contributed by atoms with E-state index in [0.717, 1.165) is 25.0 Å². The van der Waals surface area contributed by atoms with Gasteiger partial charge in [0, 0.05) is 16.9 Å². The number of carbonyl (C=O) groups excluding carboxylic acids is 1. The molecule has 0 aliphatic heterocycles. The van der Waals surface area contributed by atoms with E-state index < -0.39 is 5.97 Å². The molecule has 1 amide bonds. The number of thioether (sulfide) groups is 1. The van der Waals surface area contributed by atoms with Crippen molar-refractivity contribution in [2.24, 2.45) is 0 Å². The van der Waals surface area contributed by atoms with Crippen molar-refractivity contribution in [1.82, 2.24) is 5.32 Å². The lowest BCUT2D eigenvalue weighted by Gasteiger charge is -2.20. The van der Waals surface area contributed by atoms with Gasteiger partial charge in [0.05, 0.1) is 5.56 Å². The first-order chi connectivity index (χ1) is 9.61. The third kappa shape index (κ3) is 3.54. The summed E-state index contributed by atoms with van der Waals surface area (Å²) >= 11 is 1.90. The van der Waals surface area contributed by atoms with Gasteiger partial charge in [-0.1, -0.05) is 13.3 Å². The van der Waals surface area contributed by atoms with E-state index in [1.54, 1.807) is 12.1 Å². The summed E-state index contributed by atoms with van der Waals surface area (Å²) in [6.07, 6.45) is 3.33. The van der Waals surface area contributed by atoms with Gasteiger partial charge in [-0.2, -0.15) is 11.8 Å². The summed E-state index contributed by atoms with van der Waals surface area (Å²) in [5.74, 6) is -0.0349. The molecule has 2 rings (SSSR count). The summed E-state index contributed by atoms with van der Waals surface area (Å²) < 4.78 is 0. The molecule has 0 bridgehead atoms. The van der Waals surface area contributed by atoms with Crippen LogP contribution in [0.25, 0.3) is 0 Å². The Balaban J connectivity index is 1.99. The van der Waals surface area contributed by atoms with Crippen LogP contribution in [0, 0.1) is 0 Å². The first-order valence-corrected chi connectivity index (χ1v) is 7.92. The van der Waals surface area contributed by atoms with Crippen LogP contribution < -0.4 is 5.32 Å². The van der Waals surface area contributed by atoms with Gasteiger partial charge in [0.2, 0.25) is 0 Å². The second-order valence-corrected chi connectivity index (χ2v) is 6.40. The maximum absolute atomic E-state index is 12.2. The molecule has 2 unspecified atom stereocenters. The van der Waals surface area contributed by atoms with Crippen LogP contribution >= 0.6 is 11.8 Å². The summed E-state index contributed by atoms with van der Waals surface area (Å²) in [5.41, 5.74) is 0.712. The Bertz CT molecular complexity index is 486. The fourth-order valence-electron chi connectivity index (χ4n) is 2.52. The van der Waals surface area contributed by atoms with Crippen molar-refractivity contribution in [2.75, 3.05) is 5.75 Å². The number of hydrogen-bond donors (Lipinski definition) is 2. The second kappa shape index (κ2) is 6.79. The number of hydrogen-bond acceptors (Lipinski definition) is 3. The van der Waals surface area contributed by atoms with Gasteiger partial charge in [0.1, 0.15) is 0 Å². The predicted molar refractivity (Wildman–Crippen MR) is 80.4 cm³/mol. The molecule has 1 saturated carbocycles. The number of carboxylic acids is 1. The quantitative estimate of drug-likeness (QED) is 0.876. The number of benzene rings is 1. The Kier molecular flexibility index (Phi) is 5.06. The smallest absolute Gasteiger partial charge is 0.335 e. The van der Waals surface area contributed by atoms with E-state index in [4.69, 9.17) is 5.11 Å². The van der Waals surface area contributed by atoms with Crippen molar-refractivity contribution >= 4 is 23.6 Å². The van der Waals surface area contributed by atoms with Crippen LogP contribution in [-0.4, -0.2) is 34.0 Å². The maximum atomic E-state index is 12.2. The molecule has 1 aliphatic rings. The Morgan fingerprint density at radius 3 is 2.50 bits per heavy atom. The minimum atomic E-state index is -0.979. The normalized spacial score (nSPS) is 21.6. The summed E-state index contributed by atoms with van der Waals surface area (Å²) in [6.45, 7) is 2.13. The Morgan fingerprint density at radius 1 is 1.25 bits per heavy atom. The third-order valence-corrected chi connectivity index (χ3v) is 4.87. The van der Waals surface area contributed by atoms with E-state index in [-0.39, 0.29) is 17.5 Å². The summed E-state index contributed by atoms with van der Waals surface area (Å²) in [6, 6.07) is 6.28. The monoisotopic (exact) mass is 293 g/mol. The molecular formula is C15H19NO3S. The Morgan fingerprint density at radius 2 is 1.90 bits per heavy atom. The Labute approximate surface area is 123 Å². The number of rotatable bonds is 5. The van der Waals surface area contributed by atoms with Crippen molar-refractivity contribution < 1.29 is 14.7 Å². The lowest BCUT2D eigenvalue weighted by molar-refractivity contribution is 0.0696. The van der Waals surface area contributed by atoms with Gasteiger partial charge in [-0.05, 0) is 42.9 Å². The molecule has 0 radical (unpaired) electrons. The SMILES string of the molecule is CCSC1CCCC1NC(=O)c1ccc(C(=O)O)cc1. The van der Waals surface area contributed by atoms with Gasteiger partial charge in [0.25, 0.3) is 5.91 Å². The highest BCUT2D eigenvalue weighted by Gasteiger charge is 2.28. The Hall–Kier alpha value is -1.49. The third-order valence-electron chi connectivity index (χ3n) is 3.54. The molecule has 1 aliphatic carbocycles. The van der Waals surface area contributed by atoms with Crippen LogP contribution in [0.1, 0.15) is 46.9 Å². The molecule has 5 heteroatoms. The van der Waals surface area contributed by atoms with E-state index in [1.807, 2.05) is 11.8 Å². The van der Waals surface area contributed by atoms with Crippen LogP contribution in [0.5, 0.6) is 0 Å². The van der Waals surface area contributed by atoms with Crippen LogP contribution in [0.2, 0.25) is 0 Å². The lowest BCUT2D eigenvalue weighted by Crippen LogP contribution is -2.38. The van der Waals surface area contributed by atoms with Gasteiger partial charge in [-0.3, -0.25) is 4.79 Å². The largest absolute Gasteiger partial charge is 0.478 e. The fraction of sp³-hybridized carbons (Fsp3) is 0.467. The number of amides is 1. The van der Waals surface area contributed by atoms with Crippen LogP contribution in [0.3, 0.4) is 0 Å². The average Bonchev–Trinajstić information content (AvgIpc) is 2.86. The molecule has 2 atom stereocenters. The molecule has 20 heavy (non-hydrogen) atoms. The van der Waals surface area contributed by atoms with Crippen molar-refractivity contribution in [3.05, 3.63) is 35.4 Å². The zero-order valence-corrected chi connectivity index (χ0v) is 12.3. The van der Waals surface area contributed by atoms with Crippen molar-refractivity contribution in [3.8, 4) is 0 Å². The van der Waals surface area contributed by atoms with Crippen molar-refractivity contribution in [2.45, 2.75) is 37.5 Å². The van der Waals surface area contributed by atoms with Crippen LogP contribution in [0.15, 0.2) is 24.3 Å². The zero-order valence-electron chi connectivity index (χ0n) is 11.5. The van der Waals surface area contributed by atoms with Crippen LogP contribution in [0.4, 0.5) is 0 Å². The summed E-state index contributed by atoms with van der Waals surface area (Å²) in [7, 11) is 0. The molecule has 4 nitrogen and oxygen atoms in total. The molecule has 0 saturated heterocycles. The first-order valence-electron chi connectivity index (χ1n) is 6.87. The van der Waals surface area contributed by atoms with Crippen LogP contribution in [-0.2, 0) is 0 Å². The topological polar surface area (TPSA) is 66.4 Å². The average molecular weight is 293 g/mol. The molecule has 108 valence electrons. The molecule has 2 N–H and O–H groups in total. The molecule has 0 spiro atoms. The van der Waals surface area contributed by atoms with Gasteiger partial charge in [-0.15, -0.1) is 0 Å². The second-order valence-electron chi connectivity index (χ2n) is 4.89. The first kappa shape index (κ1) is 14.9. The van der Waals surface area contributed by atoms with Gasteiger partial charge < -0.3 is 10.4 Å². The number of aromatic carboxylic acids is 1. The molecule has 1 aromatic rings. The zero-order chi connectivity index (χ0) is 14.5. The van der Waals surface area contributed by atoms with Crippen molar-refractivity contribution in [1.29, 1.82) is 0 Å². The van der Waals surface area contributed by atoms with E-state index in [9.17, 15) is 9.59 Å². The number of carboxylic acid groups (broad SMARTS) is 1. The van der Waals surface area contributed by atoms with Gasteiger partial charge in [0.15, 0.2) is 0 Å². The number of nitrogens with one attached hydrogen (secondary N) is 1. The minimum Gasteiger partial charge on any atom is -0.478 e. The standard InChI is InChI=1S/C15H19NO3S/c1-2-20-13-5-3-4-12(13)16-14(17)10-6-8-11(9-7-10)15(18)19/h6-9,12-13H,2-5H2,1H3,(H,16,17)(H,18,19). The molecule has 0 aromatic heterocycles. The molecule has 0 heterocycles. The maximum Gasteiger partial charge on any atom is 0.335 e. The van der Waals surface area contributed by atoms with E-state index in [2.05, 4.69) is 12.2 Å². The molecular weight excluding hydrogens is 274 g/mol. The number of carbonyl (C=O) groups is 2. The molecule has 1 aromatic carbocycles. The van der Waals surface area contributed by atoms with E-state index in [1.165, 1.54) is 12.1 Å². The van der Waals surface area contributed by atoms with Gasteiger partial charge >= 0.3 is 5.97 Å². The van der Waals surface area contributed by atoms with Crippen molar-refractivity contribution in [3.63, 3.8) is 0 Å². The summed E-state index contributed by atoms with van der Waals surface area (Å²) in [4.78, 5) is 22.9. The highest BCUT2D eigenvalue weighted by Crippen LogP contribution is 2.30. The van der Waals surface area contributed by atoms with E-state index >= 15 is 0 Å². The molecule has 1 fully saturated rings. The van der Waals surface area contributed by atoms with E-state index in [0.29, 0.717) is 10.8 Å². The minimum absolute atomic E-state index is 0.115. The highest BCUT2D eigenvalue weighted by atomic mass is 32.2. The summed E-state index contributed by atoms with van der Waals surface area (Å²) in [5, 5.41) is 12.4. The predicted octanol–water partition coefficient (Wildman–Crippen LogP) is 2.79.